The van der Waals surface area contributed by atoms with Crippen LogP contribution in [0.15, 0.2) is 18.3 Å². The highest BCUT2D eigenvalue weighted by Crippen LogP contribution is 1.98. The van der Waals surface area contributed by atoms with Gasteiger partial charge in [-0.3, -0.25) is 4.79 Å². The van der Waals surface area contributed by atoms with E-state index in [2.05, 4.69) is 22.1 Å². The molecule has 0 saturated carbocycles. The van der Waals surface area contributed by atoms with E-state index < -0.39 is 0 Å². The first kappa shape index (κ1) is 11.2. The smallest absolute Gasteiger partial charge is 0.269 e. The normalized spacial score (nSPS) is 8.93. The highest BCUT2D eigenvalue weighted by atomic mass is 16.2. The first-order valence-electron chi connectivity index (χ1n) is 4.56. The summed E-state index contributed by atoms with van der Waals surface area (Å²) in [4.78, 5) is 15.1. The predicted molar refractivity (Wildman–Crippen MR) is 56.2 cm³/mol. The molecule has 2 N–H and O–H groups in total. The highest BCUT2D eigenvalue weighted by Gasteiger charge is 2.02. The molecule has 0 aliphatic rings. The van der Waals surface area contributed by atoms with Crippen LogP contribution in [-0.2, 0) is 0 Å². The zero-order valence-electron chi connectivity index (χ0n) is 8.45. The van der Waals surface area contributed by atoms with Crippen molar-refractivity contribution < 1.29 is 9.90 Å². The molecule has 0 spiro atoms. The predicted octanol–water partition coefficient (Wildman–Crippen LogP) is 0.175. The van der Waals surface area contributed by atoms with E-state index in [4.69, 9.17) is 5.11 Å². The molecule has 15 heavy (non-hydrogen) atoms. The van der Waals surface area contributed by atoms with Gasteiger partial charge in [-0.15, -0.1) is 0 Å². The van der Waals surface area contributed by atoms with Gasteiger partial charge in [0.1, 0.15) is 5.69 Å². The third-order valence-corrected chi connectivity index (χ3v) is 1.69. The number of carbonyl (C=O) groups excluding carboxylic acids is 1. The fourth-order valence-corrected chi connectivity index (χ4v) is 0.951. The van der Waals surface area contributed by atoms with Crippen LogP contribution in [0.4, 0.5) is 0 Å². The van der Waals surface area contributed by atoms with E-state index in [1.54, 1.807) is 19.2 Å². The summed E-state index contributed by atoms with van der Waals surface area (Å²) in [5.41, 5.74) is 1.10. The molecule has 0 saturated heterocycles. The molecular formula is C11H12N2O2. The molecule has 1 rings (SSSR count). The first-order chi connectivity index (χ1) is 7.27. The standard InChI is InChI=1S/C11H12N2O2/c1-12-11(15)10-6-5-9(8-13-10)4-2-3-7-14/h5-6,8,14H,3,7H2,1H3,(H,12,15). The summed E-state index contributed by atoms with van der Waals surface area (Å²) < 4.78 is 0. The van der Waals surface area contributed by atoms with Crippen LogP contribution >= 0.6 is 0 Å². The van der Waals surface area contributed by atoms with Gasteiger partial charge in [-0.2, -0.15) is 0 Å². The number of carbonyl (C=O) groups is 1. The lowest BCUT2D eigenvalue weighted by Crippen LogP contribution is -2.18. The Labute approximate surface area is 88.3 Å². The van der Waals surface area contributed by atoms with Crippen LogP contribution < -0.4 is 5.32 Å². The third kappa shape index (κ3) is 3.41. The maximum Gasteiger partial charge on any atom is 0.269 e. The molecule has 1 aromatic rings. The Kier molecular flexibility index (Phi) is 4.32. The molecule has 0 aliphatic carbocycles. The molecule has 0 aromatic carbocycles. The van der Waals surface area contributed by atoms with Gasteiger partial charge in [0.25, 0.3) is 5.91 Å². The van der Waals surface area contributed by atoms with Crippen molar-refractivity contribution in [3.63, 3.8) is 0 Å². The number of amides is 1. The lowest BCUT2D eigenvalue weighted by atomic mass is 10.2. The van der Waals surface area contributed by atoms with Crippen molar-refractivity contribution in [2.45, 2.75) is 6.42 Å². The van der Waals surface area contributed by atoms with Gasteiger partial charge < -0.3 is 10.4 Å². The minimum atomic E-state index is -0.218. The minimum absolute atomic E-state index is 0.0523. The number of hydrogen-bond donors (Lipinski definition) is 2. The minimum Gasteiger partial charge on any atom is -0.395 e. The van der Waals surface area contributed by atoms with Crippen LogP contribution in [0.2, 0.25) is 0 Å². The fraction of sp³-hybridized carbons (Fsp3) is 0.273. The van der Waals surface area contributed by atoms with Crippen molar-refractivity contribution in [3.8, 4) is 11.8 Å². The van der Waals surface area contributed by atoms with Gasteiger partial charge in [0.05, 0.1) is 6.61 Å². The molecule has 0 fully saturated rings. The van der Waals surface area contributed by atoms with Gasteiger partial charge in [0.15, 0.2) is 0 Å². The third-order valence-electron chi connectivity index (χ3n) is 1.69. The van der Waals surface area contributed by atoms with Gasteiger partial charge in [-0.05, 0) is 12.1 Å². The molecule has 0 radical (unpaired) electrons. The van der Waals surface area contributed by atoms with E-state index in [1.807, 2.05) is 0 Å². The Morgan fingerprint density at radius 1 is 1.60 bits per heavy atom. The number of nitrogens with one attached hydrogen (secondary N) is 1. The summed E-state index contributed by atoms with van der Waals surface area (Å²) >= 11 is 0. The lowest BCUT2D eigenvalue weighted by molar-refractivity contribution is 0.0958. The maximum atomic E-state index is 11.1. The highest BCUT2D eigenvalue weighted by molar-refractivity contribution is 5.91. The second-order valence-electron chi connectivity index (χ2n) is 2.79. The van der Waals surface area contributed by atoms with E-state index in [0.29, 0.717) is 12.1 Å². The Bertz CT molecular complexity index is 387. The van der Waals surface area contributed by atoms with Crippen molar-refractivity contribution in [1.82, 2.24) is 10.3 Å². The average molecular weight is 204 g/mol. The molecule has 78 valence electrons. The van der Waals surface area contributed by atoms with E-state index >= 15 is 0 Å². The van der Waals surface area contributed by atoms with Crippen molar-refractivity contribution in [2.24, 2.45) is 0 Å². The molecule has 4 nitrogen and oxygen atoms in total. The van der Waals surface area contributed by atoms with Crippen LogP contribution in [0.5, 0.6) is 0 Å². The number of aliphatic hydroxyl groups is 1. The molecule has 1 amide bonds. The van der Waals surface area contributed by atoms with Crippen molar-refractivity contribution >= 4 is 5.91 Å². The molecule has 0 bridgehead atoms. The number of nitrogens with zero attached hydrogens (tertiary/aromatic N) is 1. The molecule has 1 aromatic heterocycles. The summed E-state index contributed by atoms with van der Waals surface area (Å²) in [5, 5.41) is 11.0. The Morgan fingerprint density at radius 2 is 2.40 bits per heavy atom. The van der Waals surface area contributed by atoms with Crippen LogP contribution in [0.25, 0.3) is 0 Å². The van der Waals surface area contributed by atoms with Crippen molar-refractivity contribution in [1.29, 1.82) is 0 Å². The van der Waals surface area contributed by atoms with Gasteiger partial charge in [0, 0.05) is 25.2 Å². The topological polar surface area (TPSA) is 62.2 Å². The molecule has 0 aliphatic heterocycles. The average Bonchev–Trinajstić information content (AvgIpc) is 2.29. The zero-order chi connectivity index (χ0) is 11.1. The summed E-state index contributed by atoms with van der Waals surface area (Å²) in [5.74, 6) is 5.38. The summed E-state index contributed by atoms with van der Waals surface area (Å²) in [6.07, 6.45) is 1.98. The van der Waals surface area contributed by atoms with Crippen LogP contribution in [0, 0.1) is 11.8 Å². The molecule has 4 heteroatoms. The maximum absolute atomic E-state index is 11.1. The number of hydrogen-bond acceptors (Lipinski definition) is 3. The number of aromatic nitrogens is 1. The van der Waals surface area contributed by atoms with Gasteiger partial charge in [0.2, 0.25) is 0 Å². The summed E-state index contributed by atoms with van der Waals surface area (Å²) in [6, 6.07) is 3.34. The molecule has 1 heterocycles. The number of aliphatic hydroxyl groups excluding tert-OH is 1. The first-order valence-corrected chi connectivity index (χ1v) is 4.56. The summed E-state index contributed by atoms with van der Waals surface area (Å²) in [7, 11) is 1.55. The van der Waals surface area contributed by atoms with E-state index in [1.165, 1.54) is 6.20 Å². The lowest BCUT2D eigenvalue weighted by Gasteiger charge is -1.97. The van der Waals surface area contributed by atoms with Crippen molar-refractivity contribution in [2.75, 3.05) is 13.7 Å². The van der Waals surface area contributed by atoms with Gasteiger partial charge >= 0.3 is 0 Å². The Hall–Kier alpha value is -1.86. The molecule has 0 atom stereocenters. The summed E-state index contributed by atoms with van der Waals surface area (Å²) in [6.45, 7) is 0.0523. The largest absolute Gasteiger partial charge is 0.395 e. The monoisotopic (exact) mass is 204 g/mol. The van der Waals surface area contributed by atoms with E-state index in [0.717, 1.165) is 5.56 Å². The van der Waals surface area contributed by atoms with Crippen LogP contribution in [-0.4, -0.2) is 29.7 Å². The molecule has 0 unspecified atom stereocenters. The second-order valence-corrected chi connectivity index (χ2v) is 2.79. The quantitative estimate of drug-likeness (QED) is 0.675. The van der Waals surface area contributed by atoms with E-state index in [9.17, 15) is 4.79 Å². The Balaban J connectivity index is 2.73. The SMILES string of the molecule is CNC(=O)c1ccc(C#CCCO)cn1. The van der Waals surface area contributed by atoms with Gasteiger partial charge in [-0.25, -0.2) is 4.98 Å². The Morgan fingerprint density at radius 3 is 2.93 bits per heavy atom. The molecular weight excluding hydrogens is 192 g/mol. The van der Waals surface area contributed by atoms with E-state index in [-0.39, 0.29) is 12.5 Å². The van der Waals surface area contributed by atoms with Crippen LogP contribution in [0.3, 0.4) is 0 Å². The van der Waals surface area contributed by atoms with Gasteiger partial charge in [-0.1, -0.05) is 11.8 Å². The van der Waals surface area contributed by atoms with Crippen LogP contribution in [0.1, 0.15) is 22.5 Å². The van der Waals surface area contributed by atoms with Crippen molar-refractivity contribution in [3.05, 3.63) is 29.6 Å². The number of pyridine rings is 1. The fourth-order valence-electron chi connectivity index (χ4n) is 0.951. The second kappa shape index (κ2) is 5.78. The number of rotatable bonds is 2. The zero-order valence-corrected chi connectivity index (χ0v) is 8.45.